The van der Waals surface area contributed by atoms with Crippen molar-refractivity contribution in [3.05, 3.63) is 63.1 Å². The predicted molar refractivity (Wildman–Crippen MR) is 94.3 cm³/mol. The van der Waals surface area contributed by atoms with Gasteiger partial charge < -0.3 is 4.90 Å². The van der Waals surface area contributed by atoms with Gasteiger partial charge in [0.25, 0.3) is 11.8 Å². The van der Waals surface area contributed by atoms with E-state index in [4.69, 9.17) is 23.2 Å². The second-order valence-corrected chi connectivity index (χ2v) is 6.75. The number of anilines is 1. The summed E-state index contributed by atoms with van der Waals surface area (Å²) in [5.41, 5.74) is 2.26. The third kappa shape index (κ3) is 2.51. The first kappa shape index (κ1) is 16.1. The van der Waals surface area contributed by atoms with E-state index in [1.54, 1.807) is 4.90 Å². The minimum absolute atomic E-state index is 0.175. The lowest BCUT2D eigenvalue weighted by atomic mass is 10.1. The van der Waals surface area contributed by atoms with Gasteiger partial charge in [-0.05, 0) is 30.2 Å². The number of nitrogens with zero attached hydrogens (tertiary/aromatic N) is 2. The van der Waals surface area contributed by atoms with Crippen LogP contribution >= 0.6 is 23.2 Å². The Hall–Kier alpha value is -2.37. The van der Waals surface area contributed by atoms with E-state index in [1.165, 1.54) is 12.1 Å². The number of halogens is 2. The second kappa shape index (κ2) is 5.86. The van der Waals surface area contributed by atoms with E-state index in [9.17, 15) is 14.4 Å². The van der Waals surface area contributed by atoms with Crippen molar-refractivity contribution in [2.24, 2.45) is 0 Å². The first-order valence-corrected chi connectivity index (χ1v) is 8.46. The van der Waals surface area contributed by atoms with Gasteiger partial charge in [0.15, 0.2) is 0 Å². The van der Waals surface area contributed by atoms with Crippen LogP contribution in [0.4, 0.5) is 5.69 Å². The van der Waals surface area contributed by atoms with Crippen molar-refractivity contribution in [2.75, 3.05) is 18.0 Å². The molecule has 25 heavy (non-hydrogen) atoms. The zero-order valence-electron chi connectivity index (χ0n) is 13.0. The van der Waals surface area contributed by atoms with Gasteiger partial charge in [-0.3, -0.25) is 19.3 Å². The molecule has 4 rings (SSSR count). The van der Waals surface area contributed by atoms with Crippen LogP contribution in [-0.4, -0.2) is 35.7 Å². The van der Waals surface area contributed by atoms with Crippen molar-refractivity contribution in [1.29, 1.82) is 0 Å². The molecule has 2 heterocycles. The Morgan fingerprint density at radius 2 is 1.60 bits per heavy atom. The Bertz CT molecular complexity index is 901. The Labute approximate surface area is 153 Å². The van der Waals surface area contributed by atoms with Crippen molar-refractivity contribution in [3.8, 4) is 0 Å². The van der Waals surface area contributed by atoms with Crippen LogP contribution in [0.2, 0.25) is 10.0 Å². The number of imide groups is 1. The first-order chi connectivity index (χ1) is 12.0. The molecule has 0 bridgehead atoms. The van der Waals surface area contributed by atoms with E-state index in [2.05, 4.69) is 0 Å². The lowest BCUT2D eigenvalue weighted by Crippen LogP contribution is -2.42. The van der Waals surface area contributed by atoms with Crippen LogP contribution < -0.4 is 4.90 Å². The molecule has 126 valence electrons. The number of fused-ring (bicyclic) bond motifs is 2. The highest BCUT2D eigenvalue weighted by atomic mass is 35.5. The molecule has 0 aliphatic carbocycles. The first-order valence-electron chi connectivity index (χ1n) is 7.71. The van der Waals surface area contributed by atoms with Gasteiger partial charge in [-0.25, -0.2) is 0 Å². The van der Waals surface area contributed by atoms with Crippen LogP contribution in [0.3, 0.4) is 0 Å². The van der Waals surface area contributed by atoms with Gasteiger partial charge in [-0.2, -0.15) is 0 Å². The van der Waals surface area contributed by atoms with E-state index in [0.29, 0.717) is 6.54 Å². The van der Waals surface area contributed by atoms with Crippen LogP contribution in [0.15, 0.2) is 36.4 Å². The number of hydrogen-bond donors (Lipinski definition) is 0. The molecule has 7 heteroatoms. The molecule has 0 radical (unpaired) electrons. The van der Waals surface area contributed by atoms with Crippen LogP contribution in [-0.2, 0) is 11.2 Å². The summed E-state index contributed by atoms with van der Waals surface area (Å²) in [4.78, 5) is 40.2. The van der Waals surface area contributed by atoms with Gasteiger partial charge in [0.1, 0.15) is 6.54 Å². The number of carbonyl (C=O) groups is 3. The molecule has 2 aromatic rings. The molecule has 2 aliphatic heterocycles. The summed E-state index contributed by atoms with van der Waals surface area (Å²) in [5.74, 6) is -1.35. The lowest BCUT2D eigenvalue weighted by molar-refractivity contribution is -0.118. The molecule has 0 aromatic heterocycles. The van der Waals surface area contributed by atoms with E-state index in [0.717, 1.165) is 22.6 Å². The Morgan fingerprint density at radius 3 is 2.24 bits per heavy atom. The molecule has 5 nitrogen and oxygen atoms in total. The number of benzene rings is 2. The molecule has 0 saturated carbocycles. The van der Waals surface area contributed by atoms with Crippen LogP contribution in [0.1, 0.15) is 26.3 Å². The van der Waals surface area contributed by atoms with Crippen LogP contribution in [0.5, 0.6) is 0 Å². The molecule has 0 spiro atoms. The molecule has 2 aliphatic rings. The van der Waals surface area contributed by atoms with Gasteiger partial charge in [0.2, 0.25) is 5.91 Å². The smallest absolute Gasteiger partial charge is 0.262 e. The normalized spacial score (nSPS) is 15.6. The van der Waals surface area contributed by atoms with Crippen LogP contribution in [0, 0.1) is 0 Å². The van der Waals surface area contributed by atoms with Crippen LogP contribution in [0.25, 0.3) is 0 Å². The summed E-state index contributed by atoms with van der Waals surface area (Å²) in [5, 5.41) is 0.395. The minimum atomic E-state index is -0.528. The molecule has 0 saturated heterocycles. The van der Waals surface area contributed by atoms with E-state index in [1.807, 2.05) is 24.3 Å². The van der Waals surface area contributed by atoms with Crippen molar-refractivity contribution in [3.63, 3.8) is 0 Å². The third-order valence-corrected chi connectivity index (χ3v) is 5.22. The maximum atomic E-state index is 12.7. The Kier molecular flexibility index (Phi) is 3.78. The number of para-hydroxylation sites is 1. The van der Waals surface area contributed by atoms with Gasteiger partial charge >= 0.3 is 0 Å². The van der Waals surface area contributed by atoms with Crippen molar-refractivity contribution < 1.29 is 14.4 Å². The van der Waals surface area contributed by atoms with E-state index < -0.39 is 11.8 Å². The standard InChI is InChI=1S/C18H12Cl2N2O3/c19-13-7-11-12(8-14(13)20)18(25)22(17(11)24)9-16(23)21-6-5-10-3-1-2-4-15(10)21/h1-4,7-8H,5-6,9H2. The van der Waals surface area contributed by atoms with Gasteiger partial charge in [-0.15, -0.1) is 0 Å². The van der Waals surface area contributed by atoms with Crippen molar-refractivity contribution in [1.82, 2.24) is 4.90 Å². The van der Waals surface area contributed by atoms with E-state index >= 15 is 0 Å². The molecule has 3 amide bonds. The highest BCUT2D eigenvalue weighted by molar-refractivity contribution is 6.43. The predicted octanol–water partition coefficient (Wildman–Crippen LogP) is 3.18. The fourth-order valence-corrected chi connectivity index (χ4v) is 3.57. The maximum absolute atomic E-state index is 12.7. The summed E-state index contributed by atoms with van der Waals surface area (Å²) in [6.07, 6.45) is 0.759. The van der Waals surface area contributed by atoms with Crippen molar-refractivity contribution >= 4 is 46.6 Å². The summed E-state index contributed by atoms with van der Waals surface area (Å²) in [6.45, 7) is 0.231. The minimum Gasteiger partial charge on any atom is -0.310 e. The molecule has 0 atom stereocenters. The molecule has 0 N–H and O–H groups in total. The van der Waals surface area contributed by atoms with Crippen molar-refractivity contribution in [2.45, 2.75) is 6.42 Å². The van der Waals surface area contributed by atoms with Gasteiger partial charge in [-0.1, -0.05) is 41.4 Å². The summed E-state index contributed by atoms with van der Waals surface area (Å²) in [6, 6.07) is 10.3. The fourth-order valence-electron chi connectivity index (χ4n) is 3.25. The number of hydrogen-bond acceptors (Lipinski definition) is 3. The second-order valence-electron chi connectivity index (χ2n) is 5.93. The number of carbonyl (C=O) groups excluding carboxylic acids is 3. The van der Waals surface area contributed by atoms with Gasteiger partial charge in [0.05, 0.1) is 21.2 Å². The highest BCUT2D eigenvalue weighted by Gasteiger charge is 2.38. The maximum Gasteiger partial charge on any atom is 0.262 e. The average Bonchev–Trinajstić information content (AvgIpc) is 3.12. The Balaban J connectivity index is 1.59. The summed E-state index contributed by atoms with van der Waals surface area (Å²) < 4.78 is 0. The zero-order chi connectivity index (χ0) is 17.7. The topological polar surface area (TPSA) is 57.7 Å². The lowest BCUT2D eigenvalue weighted by Gasteiger charge is -2.20. The molecule has 0 unspecified atom stereocenters. The largest absolute Gasteiger partial charge is 0.310 e. The number of amides is 3. The summed E-state index contributed by atoms with van der Waals surface area (Å²) in [7, 11) is 0. The molecular weight excluding hydrogens is 363 g/mol. The fraction of sp³-hybridized carbons (Fsp3) is 0.167. The third-order valence-electron chi connectivity index (χ3n) is 4.49. The Morgan fingerprint density at radius 1 is 1.00 bits per heavy atom. The number of rotatable bonds is 2. The SMILES string of the molecule is O=C1c2cc(Cl)c(Cl)cc2C(=O)N1CC(=O)N1CCc2ccccc21. The molecule has 2 aromatic carbocycles. The monoisotopic (exact) mass is 374 g/mol. The molecule has 0 fully saturated rings. The summed E-state index contributed by atoms with van der Waals surface area (Å²) >= 11 is 11.9. The molecular formula is C18H12Cl2N2O3. The zero-order valence-corrected chi connectivity index (χ0v) is 14.5. The highest BCUT2D eigenvalue weighted by Crippen LogP contribution is 2.32. The van der Waals surface area contributed by atoms with E-state index in [-0.39, 0.29) is 33.6 Å². The quantitative estimate of drug-likeness (QED) is 0.758. The van der Waals surface area contributed by atoms with Gasteiger partial charge in [0, 0.05) is 12.2 Å². The average molecular weight is 375 g/mol.